The molecule has 3 N–H and O–H groups in total. The molecule has 0 bridgehead atoms. The van der Waals surface area contributed by atoms with Gasteiger partial charge in [0, 0.05) is 16.6 Å². The Morgan fingerprint density at radius 2 is 1.57 bits per heavy atom. The third-order valence-electron chi connectivity index (χ3n) is 6.47. The molecule has 1 unspecified atom stereocenters. The standard InChI is InChI=1S/C28H27BrN2O5S/c1-17(2)19-5-7-20(8-6-19)25-24(26(32)21-9-11-22(29)12-10-21)27(33)28(34)31(25)16-15-18-3-13-23(14-4-18)37(30,35)36/h3-14,17,25,32H,15-16H2,1-2H3,(H2,30,35,36). The van der Waals surface area contributed by atoms with E-state index in [1.807, 2.05) is 24.3 Å². The van der Waals surface area contributed by atoms with Gasteiger partial charge in [0.25, 0.3) is 11.7 Å². The van der Waals surface area contributed by atoms with Gasteiger partial charge < -0.3 is 10.0 Å². The summed E-state index contributed by atoms with van der Waals surface area (Å²) in [7, 11) is -3.81. The zero-order valence-electron chi connectivity index (χ0n) is 20.4. The lowest BCUT2D eigenvalue weighted by molar-refractivity contribution is -0.139. The van der Waals surface area contributed by atoms with Gasteiger partial charge in [0.05, 0.1) is 16.5 Å². The van der Waals surface area contributed by atoms with Gasteiger partial charge in [0.2, 0.25) is 10.0 Å². The van der Waals surface area contributed by atoms with Gasteiger partial charge in [-0.2, -0.15) is 0 Å². The summed E-state index contributed by atoms with van der Waals surface area (Å²) in [5.41, 5.74) is 3.07. The van der Waals surface area contributed by atoms with E-state index < -0.39 is 27.8 Å². The van der Waals surface area contributed by atoms with Crippen LogP contribution in [0.4, 0.5) is 0 Å². The van der Waals surface area contributed by atoms with E-state index in [2.05, 4.69) is 29.8 Å². The molecule has 1 fully saturated rings. The molecule has 1 saturated heterocycles. The summed E-state index contributed by atoms with van der Waals surface area (Å²) >= 11 is 3.37. The van der Waals surface area contributed by atoms with E-state index in [1.54, 1.807) is 36.4 Å². The average molecular weight is 584 g/mol. The Balaban J connectivity index is 1.73. The molecule has 0 aromatic heterocycles. The van der Waals surface area contributed by atoms with E-state index >= 15 is 0 Å². The van der Waals surface area contributed by atoms with Crippen molar-refractivity contribution in [1.29, 1.82) is 0 Å². The van der Waals surface area contributed by atoms with Gasteiger partial charge in [-0.1, -0.05) is 78.3 Å². The lowest BCUT2D eigenvalue weighted by Gasteiger charge is -2.26. The lowest BCUT2D eigenvalue weighted by Crippen LogP contribution is -2.31. The fourth-order valence-electron chi connectivity index (χ4n) is 4.38. The van der Waals surface area contributed by atoms with Crippen molar-refractivity contribution in [2.45, 2.75) is 37.1 Å². The van der Waals surface area contributed by atoms with Gasteiger partial charge in [-0.15, -0.1) is 0 Å². The predicted molar refractivity (Wildman–Crippen MR) is 145 cm³/mol. The largest absolute Gasteiger partial charge is 0.507 e. The fraction of sp³-hybridized carbons (Fsp3) is 0.214. The van der Waals surface area contributed by atoms with Crippen molar-refractivity contribution in [2.75, 3.05) is 6.54 Å². The van der Waals surface area contributed by atoms with Gasteiger partial charge in [-0.3, -0.25) is 9.59 Å². The van der Waals surface area contributed by atoms with E-state index in [0.29, 0.717) is 23.5 Å². The minimum absolute atomic E-state index is 0.00330. The van der Waals surface area contributed by atoms with Crippen LogP contribution < -0.4 is 5.14 Å². The maximum absolute atomic E-state index is 13.2. The molecular weight excluding hydrogens is 556 g/mol. The highest BCUT2D eigenvalue weighted by Crippen LogP contribution is 2.40. The number of hydrogen-bond donors (Lipinski definition) is 2. The van der Waals surface area contributed by atoms with Gasteiger partial charge in [-0.25, -0.2) is 13.6 Å². The molecule has 0 aliphatic carbocycles. The summed E-state index contributed by atoms with van der Waals surface area (Å²) in [5, 5.41) is 16.4. The minimum atomic E-state index is -3.81. The number of Topliss-reactive ketones (excluding diaryl/α,β-unsaturated/α-hetero) is 1. The van der Waals surface area contributed by atoms with Crippen molar-refractivity contribution in [3.05, 3.63) is 105 Å². The average Bonchev–Trinajstić information content (AvgIpc) is 3.12. The van der Waals surface area contributed by atoms with Crippen LogP contribution in [-0.2, 0) is 26.0 Å². The molecule has 0 spiro atoms. The number of primary sulfonamides is 1. The number of nitrogens with two attached hydrogens (primary N) is 1. The zero-order chi connectivity index (χ0) is 26.9. The van der Waals surface area contributed by atoms with Crippen LogP contribution in [0.2, 0.25) is 0 Å². The van der Waals surface area contributed by atoms with Gasteiger partial charge in [-0.05, 0) is 53.3 Å². The molecule has 1 atom stereocenters. The number of rotatable bonds is 7. The molecular formula is C28H27BrN2O5S. The number of sulfonamides is 1. The Labute approximate surface area is 224 Å². The first-order valence-corrected chi connectivity index (χ1v) is 14.1. The van der Waals surface area contributed by atoms with Crippen molar-refractivity contribution in [3.8, 4) is 0 Å². The molecule has 9 heteroatoms. The molecule has 1 aliphatic rings. The van der Waals surface area contributed by atoms with Gasteiger partial charge in [0.1, 0.15) is 5.76 Å². The first kappa shape index (κ1) is 26.8. The number of likely N-dealkylation sites (tertiary alicyclic amines) is 1. The third-order valence-corrected chi connectivity index (χ3v) is 7.93. The number of benzene rings is 3. The summed E-state index contributed by atoms with van der Waals surface area (Å²) < 4.78 is 23.9. The Morgan fingerprint density at radius 3 is 2.11 bits per heavy atom. The van der Waals surface area contributed by atoms with E-state index in [0.717, 1.165) is 15.6 Å². The van der Waals surface area contributed by atoms with Crippen molar-refractivity contribution >= 4 is 43.4 Å². The van der Waals surface area contributed by atoms with E-state index in [1.165, 1.54) is 17.0 Å². The highest BCUT2D eigenvalue weighted by Gasteiger charge is 2.45. The maximum Gasteiger partial charge on any atom is 0.295 e. The maximum atomic E-state index is 13.2. The van der Waals surface area contributed by atoms with Crippen molar-refractivity contribution < 1.29 is 23.1 Å². The molecule has 1 amide bonds. The minimum Gasteiger partial charge on any atom is -0.507 e. The molecule has 7 nitrogen and oxygen atoms in total. The molecule has 3 aromatic carbocycles. The topological polar surface area (TPSA) is 118 Å². The quantitative estimate of drug-likeness (QED) is 0.234. The third kappa shape index (κ3) is 5.69. The SMILES string of the molecule is CC(C)c1ccc(C2C(=C(O)c3ccc(Br)cc3)C(=O)C(=O)N2CCc2ccc(S(N)(=O)=O)cc2)cc1. The number of carbonyl (C=O) groups excluding carboxylic acids is 2. The van der Waals surface area contributed by atoms with Gasteiger partial charge in [0.15, 0.2) is 0 Å². The van der Waals surface area contributed by atoms with E-state index in [9.17, 15) is 23.1 Å². The van der Waals surface area contributed by atoms with Crippen LogP contribution in [0.5, 0.6) is 0 Å². The normalized spacial score (nSPS) is 17.5. The smallest absolute Gasteiger partial charge is 0.295 e. The number of aliphatic hydroxyl groups excluding tert-OH is 1. The molecule has 3 aromatic rings. The number of nitrogens with zero attached hydrogens (tertiary/aromatic N) is 1. The molecule has 37 heavy (non-hydrogen) atoms. The van der Waals surface area contributed by atoms with Crippen molar-refractivity contribution in [1.82, 2.24) is 4.90 Å². The summed E-state index contributed by atoms with van der Waals surface area (Å²) in [6.45, 7) is 4.35. The van der Waals surface area contributed by atoms with Crippen LogP contribution in [-0.4, -0.2) is 36.7 Å². The van der Waals surface area contributed by atoms with Crippen LogP contribution in [0.1, 0.15) is 48.1 Å². The number of ketones is 1. The van der Waals surface area contributed by atoms with Crippen LogP contribution >= 0.6 is 15.9 Å². The summed E-state index contributed by atoms with van der Waals surface area (Å²) in [6.07, 6.45) is 0.372. The molecule has 0 radical (unpaired) electrons. The first-order chi connectivity index (χ1) is 17.5. The van der Waals surface area contributed by atoms with Crippen LogP contribution in [0.15, 0.2) is 87.7 Å². The molecule has 1 heterocycles. The van der Waals surface area contributed by atoms with E-state index in [-0.39, 0.29) is 22.8 Å². The van der Waals surface area contributed by atoms with Crippen LogP contribution in [0, 0.1) is 0 Å². The Bertz CT molecular complexity index is 1460. The summed E-state index contributed by atoms with van der Waals surface area (Å²) in [4.78, 5) is 27.9. The fourth-order valence-corrected chi connectivity index (χ4v) is 5.16. The van der Waals surface area contributed by atoms with Crippen LogP contribution in [0.25, 0.3) is 5.76 Å². The summed E-state index contributed by atoms with van der Waals surface area (Å²) in [6, 6.07) is 19.9. The number of amides is 1. The zero-order valence-corrected chi connectivity index (χ0v) is 22.8. The second kappa shape index (κ2) is 10.6. The summed E-state index contributed by atoms with van der Waals surface area (Å²) in [5.74, 6) is -1.37. The molecule has 0 saturated carbocycles. The number of hydrogen-bond acceptors (Lipinski definition) is 5. The monoisotopic (exact) mass is 582 g/mol. The van der Waals surface area contributed by atoms with Crippen LogP contribution in [0.3, 0.4) is 0 Å². The number of carbonyl (C=O) groups is 2. The second-order valence-electron chi connectivity index (χ2n) is 9.26. The number of aliphatic hydroxyl groups is 1. The highest BCUT2D eigenvalue weighted by atomic mass is 79.9. The Kier molecular flexibility index (Phi) is 7.68. The number of halogens is 1. The molecule has 4 rings (SSSR count). The Hall–Kier alpha value is -3.27. The lowest BCUT2D eigenvalue weighted by atomic mass is 9.93. The van der Waals surface area contributed by atoms with Gasteiger partial charge >= 0.3 is 0 Å². The molecule has 1 aliphatic heterocycles. The van der Waals surface area contributed by atoms with Crippen molar-refractivity contribution in [2.24, 2.45) is 5.14 Å². The van der Waals surface area contributed by atoms with E-state index in [4.69, 9.17) is 5.14 Å². The van der Waals surface area contributed by atoms with Crippen molar-refractivity contribution in [3.63, 3.8) is 0 Å². The first-order valence-electron chi connectivity index (χ1n) is 11.7. The second-order valence-corrected chi connectivity index (χ2v) is 11.7. The predicted octanol–water partition coefficient (Wildman–Crippen LogP) is 4.88. The Morgan fingerprint density at radius 1 is 0.973 bits per heavy atom. The highest BCUT2D eigenvalue weighted by molar-refractivity contribution is 9.10. The molecule has 192 valence electrons.